The zero-order valence-corrected chi connectivity index (χ0v) is 10.0. The molecule has 0 radical (unpaired) electrons. The largest absolute Gasteiger partial charge is 0.459 e. The summed E-state index contributed by atoms with van der Waals surface area (Å²) in [6.07, 6.45) is -1.40. The molecule has 19 heavy (non-hydrogen) atoms. The first kappa shape index (κ1) is 15.1. The fourth-order valence-corrected chi connectivity index (χ4v) is 1.37. The molecule has 1 heterocycles. The molecule has 0 atom stereocenters. The quantitative estimate of drug-likeness (QED) is 0.739. The second-order valence-corrected chi connectivity index (χ2v) is 3.61. The predicted octanol–water partition coefficient (Wildman–Crippen LogP) is 0.0954. The molecule has 6 nitrogen and oxygen atoms in total. The number of carbonyl (C=O) groups excluding carboxylic acids is 2. The van der Waals surface area contributed by atoms with E-state index in [1.165, 1.54) is 18.4 Å². The van der Waals surface area contributed by atoms with Crippen molar-refractivity contribution in [2.45, 2.75) is 6.43 Å². The Balaban J connectivity index is 2.45. The Morgan fingerprint density at radius 3 is 2.74 bits per heavy atom. The highest BCUT2D eigenvalue weighted by molar-refractivity contribution is 5.94. The molecule has 0 spiro atoms. The molecule has 1 aromatic heterocycles. The van der Waals surface area contributed by atoms with Crippen molar-refractivity contribution in [1.29, 1.82) is 0 Å². The van der Waals surface area contributed by atoms with Gasteiger partial charge in [0.2, 0.25) is 5.91 Å². The van der Waals surface area contributed by atoms with Crippen molar-refractivity contribution >= 4 is 11.8 Å². The molecular weight excluding hydrogens is 262 g/mol. The van der Waals surface area contributed by atoms with Gasteiger partial charge >= 0.3 is 0 Å². The third-order valence-corrected chi connectivity index (χ3v) is 2.23. The van der Waals surface area contributed by atoms with Crippen molar-refractivity contribution in [2.75, 3.05) is 26.2 Å². The van der Waals surface area contributed by atoms with E-state index in [0.717, 1.165) is 4.90 Å². The molecule has 0 aromatic carbocycles. The van der Waals surface area contributed by atoms with E-state index in [9.17, 15) is 18.4 Å². The van der Waals surface area contributed by atoms with Crippen LogP contribution in [0.3, 0.4) is 0 Å². The van der Waals surface area contributed by atoms with Gasteiger partial charge in [-0.15, -0.1) is 0 Å². The van der Waals surface area contributed by atoms with E-state index in [1.807, 2.05) is 0 Å². The highest BCUT2D eigenvalue weighted by atomic mass is 19.3. The number of furan rings is 1. The van der Waals surface area contributed by atoms with Crippen molar-refractivity contribution in [3.63, 3.8) is 0 Å². The van der Waals surface area contributed by atoms with Gasteiger partial charge in [0, 0.05) is 6.54 Å². The Morgan fingerprint density at radius 2 is 2.21 bits per heavy atom. The van der Waals surface area contributed by atoms with Gasteiger partial charge in [-0.25, -0.2) is 8.78 Å². The van der Waals surface area contributed by atoms with Crippen molar-refractivity contribution in [1.82, 2.24) is 10.2 Å². The lowest BCUT2D eigenvalue weighted by molar-refractivity contribution is -0.132. The molecule has 2 amide bonds. The van der Waals surface area contributed by atoms with Gasteiger partial charge in [-0.1, -0.05) is 0 Å². The van der Waals surface area contributed by atoms with Crippen LogP contribution in [0, 0.1) is 0 Å². The van der Waals surface area contributed by atoms with Crippen molar-refractivity contribution in [3.05, 3.63) is 24.2 Å². The molecule has 0 saturated carbocycles. The lowest BCUT2D eigenvalue weighted by atomic mass is 10.4. The number of alkyl halides is 2. The molecule has 1 rings (SSSR count). The van der Waals surface area contributed by atoms with Crippen LogP contribution in [0.5, 0.6) is 0 Å². The molecule has 0 saturated heterocycles. The molecule has 106 valence electrons. The fraction of sp³-hybridized carbons (Fsp3) is 0.455. The summed E-state index contributed by atoms with van der Waals surface area (Å²) >= 11 is 0. The number of amides is 2. The van der Waals surface area contributed by atoms with Crippen LogP contribution in [0.15, 0.2) is 22.8 Å². The summed E-state index contributed by atoms with van der Waals surface area (Å²) in [6, 6.07) is 2.91. The van der Waals surface area contributed by atoms with E-state index in [2.05, 4.69) is 5.32 Å². The first-order chi connectivity index (χ1) is 9.04. The second kappa shape index (κ2) is 7.47. The topological polar surface area (TPSA) is 82.8 Å². The summed E-state index contributed by atoms with van der Waals surface area (Å²) in [7, 11) is 0. The molecule has 1 aromatic rings. The van der Waals surface area contributed by atoms with E-state index in [1.54, 1.807) is 0 Å². The highest BCUT2D eigenvalue weighted by Crippen LogP contribution is 2.00. The molecule has 0 aliphatic heterocycles. The van der Waals surface area contributed by atoms with Crippen molar-refractivity contribution in [3.8, 4) is 0 Å². The normalized spacial score (nSPS) is 10.5. The molecule has 8 heteroatoms. The van der Waals surface area contributed by atoms with E-state index in [4.69, 9.17) is 9.52 Å². The molecule has 2 N–H and O–H groups in total. The van der Waals surface area contributed by atoms with Crippen LogP contribution < -0.4 is 5.32 Å². The van der Waals surface area contributed by atoms with Crippen LogP contribution in [0.2, 0.25) is 0 Å². The van der Waals surface area contributed by atoms with E-state index >= 15 is 0 Å². The summed E-state index contributed by atoms with van der Waals surface area (Å²) in [4.78, 5) is 23.8. The maximum atomic E-state index is 12.2. The minimum Gasteiger partial charge on any atom is -0.459 e. The lowest BCUT2D eigenvalue weighted by Crippen LogP contribution is -2.43. The van der Waals surface area contributed by atoms with Crippen LogP contribution in [0.25, 0.3) is 0 Å². The van der Waals surface area contributed by atoms with Gasteiger partial charge in [0.25, 0.3) is 12.3 Å². The minimum atomic E-state index is -2.70. The summed E-state index contributed by atoms with van der Waals surface area (Å²) in [6.45, 7) is -1.85. The van der Waals surface area contributed by atoms with Gasteiger partial charge in [0.15, 0.2) is 5.76 Å². The smallest absolute Gasteiger partial charge is 0.287 e. The van der Waals surface area contributed by atoms with Crippen molar-refractivity contribution < 1.29 is 27.9 Å². The fourth-order valence-electron chi connectivity index (χ4n) is 1.37. The highest BCUT2D eigenvalue weighted by Gasteiger charge is 2.18. The number of aliphatic hydroxyl groups excluding tert-OH is 1. The number of aliphatic hydroxyl groups is 1. The Hall–Kier alpha value is -1.96. The van der Waals surface area contributed by atoms with Crippen LogP contribution in [-0.4, -0.2) is 54.5 Å². The number of hydrogen-bond acceptors (Lipinski definition) is 4. The summed E-state index contributed by atoms with van der Waals surface area (Å²) < 4.78 is 29.2. The van der Waals surface area contributed by atoms with Gasteiger partial charge in [-0.3, -0.25) is 9.59 Å². The monoisotopic (exact) mass is 276 g/mol. The standard InChI is InChI=1S/C11H14F2N2O4/c12-9(13)7-15(3-4-16)10(17)6-14-11(18)8-2-1-5-19-8/h1-2,5,9,16H,3-4,6-7H2,(H,14,18). The summed E-state index contributed by atoms with van der Waals surface area (Å²) in [5.41, 5.74) is 0. The Bertz CT molecular complexity index is 409. The number of nitrogens with one attached hydrogen (secondary N) is 1. The second-order valence-electron chi connectivity index (χ2n) is 3.61. The van der Waals surface area contributed by atoms with Crippen LogP contribution >= 0.6 is 0 Å². The first-order valence-electron chi connectivity index (χ1n) is 5.53. The van der Waals surface area contributed by atoms with Gasteiger partial charge in [0.1, 0.15) is 0 Å². The molecular formula is C11H14F2N2O4. The summed E-state index contributed by atoms with van der Waals surface area (Å²) in [5.74, 6) is -1.29. The van der Waals surface area contributed by atoms with E-state index < -0.39 is 37.9 Å². The average molecular weight is 276 g/mol. The van der Waals surface area contributed by atoms with Crippen LogP contribution in [0.1, 0.15) is 10.6 Å². The average Bonchev–Trinajstić information content (AvgIpc) is 2.88. The number of halogens is 2. The number of carbonyl (C=O) groups is 2. The molecule has 0 fully saturated rings. The van der Waals surface area contributed by atoms with Gasteiger partial charge < -0.3 is 19.7 Å². The van der Waals surface area contributed by atoms with Crippen LogP contribution in [0.4, 0.5) is 8.78 Å². The number of rotatable bonds is 7. The van der Waals surface area contributed by atoms with E-state index in [0.29, 0.717) is 0 Å². The van der Waals surface area contributed by atoms with Gasteiger partial charge in [-0.2, -0.15) is 0 Å². The zero-order chi connectivity index (χ0) is 14.3. The Kier molecular flexibility index (Phi) is 5.94. The maximum Gasteiger partial charge on any atom is 0.287 e. The zero-order valence-electron chi connectivity index (χ0n) is 10.0. The van der Waals surface area contributed by atoms with Crippen molar-refractivity contribution in [2.24, 2.45) is 0 Å². The molecule has 0 bridgehead atoms. The molecule has 0 unspecified atom stereocenters. The predicted molar refractivity (Wildman–Crippen MR) is 60.7 cm³/mol. The molecule has 0 aliphatic carbocycles. The number of nitrogens with zero attached hydrogens (tertiary/aromatic N) is 1. The minimum absolute atomic E-state index is 0.0235. The van der Waals surface area contributed by atoms with Gasteiger partial charge in [0.05, 0.1) is 26.0 Å². The SMILES string of the molecule is O=C(NCC(=O)N(CCO)CC(F)F)c1ccco1. The maximum absolute atomic E-state index is 12.2. The lowest BCUT2D eigenvalue weighted by Gasteiger charge is -2.21. The van der Waals surface area contributed by atoms with Crippen LogP contribution in [-0.2, 0) is 4.79 Å². The van der Waals surface area contributed by atoms with E-state index in [-0.39, 0.29) is 12.3 Å². The Labute approximate surface area is 108 Å². The van der Waals surface area contributed by atoms with Gasteiger partial charge in [-0.05, 0) is 12.1 Å². The first-order valence-corrected chi connectivity index (χ1v) is 5.53. The number of hydrogen-bond donors (Lipinski definition) is 2. The third kappa shape index (κ3) is 5.04. The summed E-state index contributed by atoms with van der Waals surface area (Å²) in [5, 5.41) is 10.9. The Morgan fingerprint density at radius 1 is 1.47 bits per heavy atom. The third-order valence-electron chi connectivity index (χ3n) is 2.23. The molecule has 0 aliphatic rings.